The van der Waals surface area contributed by atoms with Gasteiger partial charge in [0.25, 0.3) is 0 Å². The predicted octanol–water partition coefficient (Wildman–Crippen LogP) is 2.76. The van der Waals surface area contributed by atoms with E-state index in [0.717, 1.165) is 12.0 Å². The Balaban J connectivity index is 1.85. The van der Waals surface area contributed by atoms with E-state index in [2.05, 4.69) is 10.1 Å². The van der Waals surface area contributed by atoms with Crippen LogP contribution < -0.4 is 5.73 Å². The molecule has 5 heteroatoms. The van der Waals surface area contributed by atoms with E-state index in [1.54, 1.807) is 12.1 Å². The summed E-state index contributed by atoms with van der Waals surface area (Å²) in [7, 11) is 0. The largest absolute Gasteiger partial charge is 0.338 e. The van der Waals surface area contributed by atoms with Crippen LogP contribution >= 0.6 is 11.6 Å². The molecule has 0 saturated carbocycles. The fourth-order valence-corrected chi connectivity index (χ4v) is 2.14. The number of halogens is 1. The van der Waals surface area contributed by atoms with Crippen molar-refractivity contribution in [3.05, 3.63) is 47.3 Å². The minimum atomic E-state index is 0.0841. The molecule has 1 aromatic heterocycles. The van der Waals surface area contributed by atoms with E-state index in [9.17, 15) is 0 Å². The molecule has 2 unspecified atom stereocenters. The SMILES string of the molecule is NC1C=CC(c2nc(-c3ccc(Cl)cc3)no2)C1. The van der Waals surface area contributed by atoms with Gasteiger partial charge in [-0.25, -0.2) is 0 Å². The van der Waals surface area contributed by atoms with Crippen molar-refractivity contribution in [2.75, 3.05) is 0 Å². The lowest BCUT2D eigenvalue weighted by Gasteiger charge is -2.01. The summed E-state index contributed by atoms with van der Waals surface area (Å²) in [4.78, 5) is 4.40. The summed E-state index contributed by atoms with van der Waals surface area (Å²) >= 11 is 5.84. The van der Waals surface area contributed by atoms with Crippen LogP contribution in [0.25, 0.3) is 11.4 Å². The first-order chi connectivity index (χ1) is 8.72. The smallest absolute Gasteiger partial charge is 0.233 e. The number of rotatable bonds is 2. The normalized spacial score (nSPS) is 22.6. The van der Waals surface area contributed by atoms with Gasteiger partial charge in [-0.2, -0.15) is 4.98 Å². The number of nitrogens with zero attached hydrogens (tertiary/aromatic N) is 2. The van der Waals surface area contributed by atoms with Gasteiger partial charge in [0.15, 0.2) is 0 Å². The fraction of sp³-hybridized carbons (Fsp3) is 0.231. The molecule has 2 aromatic rings. The highest BCUT2D eigenvalue weighted by atomic mass is 35.5. The number of hydrogen-bond acceptors (Lipinski definition) is 4. The zero-order valence-corrected chi connectivity index (χ0v) is 10.3. The van der Waals surface area contributed by atoms with Crippen molar-refractivity contribution < 1.29 is 4.52 Å². The Morgan fingerprint density at radius 3 is 2.67 bits per heavy atom. The maximum atomic E-state index is 5.84. The molecule has 0 radical (unpaired) electrons. The zero-order valence-electron chi connectivity index (χ0n) is 9.58. The molecule has 92 valence electrons. The molecule has 0 saturated heterocycles. The Kier molecular flexibility index (Phi) is 2.89. The van der Waals surface area contributed by atoms with Gasteiger partial charge < -0.3 is 10.3 Å². The van der Waals surface area contributed by atoms with E-state index >= 15 is 0 Å². The van der Waals surface area contributed by atoms with Gasteiger partial charge in [-0.15, -0.1) is 0 Å². The van der Waals surface area contributed by atoms with E-state index in [0.29, 0.717) is 16.7 Å². The van der Waals surface area contributed by atoms with Gasteiger partial charge in [-0.1, -0.05) is 28.9 Å². The molecule has 1 aromatic carbocycles. The van der Waals surface area contributed by atoms with Crippen molar-refractivity contribution >= 4 is 11.6 Å². The highest BCUT2D eigenvalue weighted by Gasteiger charge is 2.23. The summed E-state index contributed by atoms with van der Waals surface area (Å²) in [6, 6.07) is 7.43. The molecule has 1 heterocycles. The number of nitrogens with two attached hydrogens (primary N) is 1. The lowest BCUT2D eigenvalue weighted by molar-refractivity contribution is 0.365. The lowest BCUT2D eigenvalue weighted by atomic mass is 10.1. The number of benzene rings is 1. The number of allylic oxidation sites excluding steroid dienone is 1. The average Bonchev–Trinajstić information content (AvgIpc) is 2.98. The number of hydrogen-bond donors (Lipinski definition) is 1. The van der Waals surface area contributed by atoms with Crippen molar-refractivity contribution in [2.24, 2.45) is 5.73 Å². The van der Waals surface area contributed by atoms with Crippen LogP contribution in [0.3, 0.4) is 0 Å². The first-order valence-corrected chi connectivity index (χ1v) is 6.13. The van der Waals surface area contributed by atoms with Crippen molar-refractivity contribution in [3.63, 3.8) is 0 Å². The van der Waals surface area contributed by atoms with E-state index in [4.69, 9.17) is 21.9 Å². The molecular formula is C13H12ClN3O. The van der Waals surface area contributed by atoms with Crippen LogP contribution in [0.4, 0.5) is 0 Å². The van der Waals surface area contributed by atoms with Crippen LogP contribution in [-0.2, 0) is 0 Å². The van der Waals surface area contributed by atoms with Crippen molar-refractivity contribution in [3.8, 4) is 11.4 Å². The minimum absolute atomic E-state index is 0.0841. The van der Waals surface area contributed by atoms with Gasteiger partial charge >= 0.3 is 0 Å². The Morgan fingerprint density at radius 2 is 2.00 bits per heavy atom. The molecule has 0 aliphatic heterocycles. The van der Waals surface area contributed by atoms with Crippen molar-refractivity contribution in [1.29, 1.82) is 0 Å². The van der Waals surface area contributed by atoms with Crippen LogP contribution in [0.15, 0.2) is 40.9 Å². The molecule has 0 bridgehead atoms. The van der Waals surface area contributed by atoms with E-state index in [1.807, 2.05) is 24.3 Å². The van der Waals surface area contributed by atoms with Crippen molar-refractivity contribution in [1.82, 2.24) is 10.1 Å². The summed E-state index contributed by atoms with van der Waals surface area (Å²) in [5.41, 5.74) is 6.70. The van der Waals surface area contributed by atoms with Gasteiger partial charge in [0.2, 0.25) is 11.7 Å². The fourth-order valence-electron chi connectivity index (χ4n) is 2.01. The Morgan fingerprint density at radius 1 is 1.22 bits per heavy atom. The third kappa shape index (κ3) is 2.17. The molecule has 3 rings (SSSR count). The summed E-state index contributed by atoms with van der Waals surface area (Å²) < 4.78 is 5.28. The molecule has 4 nitrogen and oxygen atoms in total. The Labute approximate surface area is 109 Å². The van der Waals surface area contributed by atoms with Gasteiger partial charge in [0, 0.05) is 16.6 Å². The molecule has 0 fully saturated rings. The number of aromatic nitrogens is 2. The van der Waals surface area contributed by atoms with Crippen LogP contribution in [0.1, 0.15) is 18.2 Å². The first kappa shape index (κ1) is 11.4. The van der Waals surface area contributed by atoms with Gasteiger partial charge in [0.05, 0.1) is 5.92 Å². The monoisotopic (exact) mass is 261 g/mol. The summed E-state index contributed by atoms with van der Waals surface area (Å²) in [6.45, 7) is 0. The van der Waals surface area contributed by atoms with Crippen LogP contribution in [-0.4, -0.2) is 16.2 Å². The maximum Gasteiger partial charge on any atom is 0.233 e. The van der Waals surface area contributed by atoms with Crippen LogP contribution in [0.5, 0.6) is 0 Å². The topological polar surface area (TPSA) is 64.9 Å². The summed E-state index contributed by atoms with van der Waals surface area (Å²) in [6.07, 6.45) is 4.81. The Hall–Kier alpha value is -1.65. The molecule has 0 amide bonds. The lowest BCUT2D eigenvalue weighted by Crippen LogP contribution is -2.14. The first-order valence-electron chi connectivity index (χ1n) is 5.76. The van der Waals surface area contributed by atoms with Gasteiger partial charge in [0.1, 0.15) is 0 Å². The third-order valence-electron chi connectivity index (χ3n) is 2.98. The minimum Gasteiger partial charge on any atom is -0.338 e. The second kappa shape index (κ2) is 4.55. The molecule has 1 aliphatic rings. The molecule has 0 spiro atoms. The van der Waals surface area contributed by atoms with Crippen LogP contribution in [0, 0.1) is 0 Å². The van der Waals surface area contributed by atoms with Crippen molar-refractivity contribution in [2.45, 2.75) is 18.4 Å². The quantitative estimate of drug-likeness (QED) is 0.845. The molecule has 18 heavy (non-hydrogen) atoms. The molecule has 2 atom stereocenters. The van der Waals surface area contributed by atoms with E-state index < -0.39 is 0 Å². The van der Waals surface area contributed by atoms with E-state index in [1.165, 1.54) is 0 Å². The summed E-state index contributed by atoms with van der Waals surface area (Å²) in [5.74, 6) is 1.33. The third-order valence-corrected chi connectivity index (χ3v) is 3.23. The van der Waals surface area contributed by atoms with E-state index in [-0.39, 0.29) is 12.0 Å². The second-order valence-electron chi connectivity index (χ2n) is 4.35. The average molecular weight is 262 g/mol. The summed E-state index contributed by atoms with van der Waals surface area (Å²) in [5, 5.41) is 4.67. The van der Waals surface area contributed by atoms with Gasteiger partial charge in [-0.05, 0) is 30.7 Å². The maximum absolute atomic E-state index is 5.84. The molecular weight excluding hydrogens is 250 g/mol. The van der Waals surface area contributed by atoms with Gasteiger partial charge in [-0.3, -0.25) is 0 Å². The molecule has 2 N–H and O–H groups in total. The highest BCUT2D eigenvalue weighted by Crippen LogP contribution is 2.28. The second-order valence-corrected chi connectivity index (χ2v) is 4.79. The van der Waals surface area contributed by atoms with Crippen LogP contribution in [0.2, 0.25) is 5.02 Å². The standard InChI is InChI=1S/C13H12ClN3O/c14-10-4-1-8(2-5-10)12-16-13(18-17-12)9-3-6-11(15)7-9/h1-6,9,11H,7,15H2. The Bertz CT molecular complexity index is 576. The zero-order chi connectivity index (χ0) is 12.5. The molecule has 1 aliphatic carbocycles. The predicted molar refractivity (Wildman–Crippen MR) is 69.2 cm³/mol. The highest BCUT2D eigenvalue weighted by molar-refractivity contribution is 6.30.